The second-order valence-corrected chi connectivity index (χ2v) is 1.52. The lowest BCUT2D eigenvalue weighted by atomic mass is 10.6. The number of primary amides is 1. The van der Waals surface area contributed by atoms with E-state index in [-0.39, 0.29) is 18.2 Å². The molecule has 0 spiro atoms. The molecule has 1 aromatic heterocycles. The van der Waals surface area contributed by atoms with Crippen molar-refractivity contribution in [3.63, 3.8) is 0 Å². The first-order valence-electron chi connectivity index (χ1n) is 2.30. The summed E-state index contributed by atoms with van der Waals surface area (Å²) >= 11 is 0. The third-order valence-electron chi connectivity index (χ3n) is 0.889. The van der Waals surface area contributed by atoms with Crippen LogP contribution in [0.5, 0.6) is 0 Å². The van der Waals surface area contributed by atoms with Crippen molar-refractivity contribution in [2.75, 3.05) is 5.84 Å². The molecule has 0 aromatic carbocycles. The van der Waals surface area contributed by atoms with E-state index in [9.17, 15) is 4.79 Å². The lowest BCUT2D eigenvalue weighted by Gasteiger charge is -1.92. The number of hydrogen-bond donors (Lipinski definition) is 2. The van der Waals surface area contributed by atoms with Crippen LogP contribution < -0.4 is 11.6 Å². The molecule has 0 aliphatic rings. The van der Waals surface area contributed by atoms with Gasteiger partial charge in [-0.1, -0.05) is 0 Å². The maximum atomic E-state index is 10.3. The third kappa shape index (κ3) is 1.38. The highest BCUT2D eigenvalue weighted by atomic mass is 35.5. The van der Waals surface area contributed by atoms with Gasteiger partial charge in [-0.05, 0) is 0 Å². The standard InChI is InChI=1S/C4H6N4O.ClH/c5-3(9)4-7-1-2-8(4)6;/h1-2H,6H2,(H2,5,9);1H. The molecule has 5 nitrogen and oxygen atoms in total. The minimum Gasteiger partial charge on any atom is -0.363 e. The second-order valence-electron chi connectivity index (χ2n) is 1.52. The molecule has 56 valence electrons. The first kappa shape index (κ1) is 8.77. The van der Waals surface area contributed by atoms with Gasteiger partial charge in [-0.25, -0.2) is 9.66 Å². The highest BCUT2D eigenvalue weighted by Gasteiger charge is 2.03. The van der Waals surface area contributed by atoms with Crippen LogP contribution >= 0.6 is 12.4 Å². The molecular formula is C4H7ClN4O. The van der Waals surface area contributed by atoms with Crippen LogP contribution in [-0.4, -0.2) is 15.6 Å². The molecule has 0 radical (unpaired) electrons. The summed E-state index contributed by atoms with van der Waals surface area (Å²) in [5.41, 5.74) is 4.86. The molecular weight excluding hydrogens is 156 g/mol. The highest BCUT2D eigenvalue weighted by molar-refractivity contribution is 5.89. The molecule has 6 heteroatoms. The van der Waals surface area contributed by atoms with Gasteiger partial charge in [0.25, 0.3) is 5.91 Å². The summed E-state index contributed by atoms with van der Waals surface area (Å²) in [6.45, 7) is 0. The predicted octanol–water partition coefficient (Wildman–Crippen LogP) is -0.882. The van der Waals surface area contributed by atoms with E-state index in [1.54, 1.807) is 0 Å². The molecule has 0 saturated carbocycles. The number of rotatable bonds is 1. The van der Waals surface area contributed by atoms with Gasteiger partial charge < -0.3 is 11.6 Å². The van der Waals surface area contributed by atoms with Gasteiger partial charge >= 0.3 is 0 Å². The Balaban J connectivity index is 0.000000810. The summed E-state index contributed by atoms with van der Waals surface area (Å²) < 4.78 is 1.07. The molecule has 4 N–H and O–H groups in total. The van der Waals surface area contributed by atoms with Gasteiger partial charge in [-0.2, -0.15) is 0 Å². The zero-order chi connectivity index (χ0) is 6.85. The Hall–Kier alpha value is -1.23. The van der Waals surface area contributed by atoms with Crippen molar-refractivity contribution in [3.05, 3.63) is 18.2 Å². The summed E-state index contributed by atoms with van der Waals surface area (Å²) in [7, 11) is 0. The highest BCUT2D eigenvalue weighted by Crippen LogP contribution is 1.87. The van der Waals surface area contributed by atoms with E-state index in [0.717, 1.165) is 4.68 Å². The molecule has 1 aromatic rings. The quantitative estimate of drug-likeness (QED) is 0.526. The summed E-state index contributed by atoms with van der Waals surface area (Å²) in [4.78, 5) is 13.9. The van der Waals surface area contributed by atoms with E-state index < -0.39 is 5.91 Å². The Morgan fingerprint density at radius 1 is 1.70 bits per heavy atom. The van der Waals surface area contributed by atoms with Crippen molar-refractivity contribution >= 4 is 18.3 Å². The molecule has 0 aliphatic heterocycles. The molecule has 0 bridgehead atoms. The van der Waals surface area contributed by atoms with Crippen LogP contribution in [0.15, 0.2) is 12.4 Å². The van der Waals surface area contributed by atoms with Gasteiger partial charge in [0, 0.05) is 12.4 Å². The van der Waals surface area contributed by atoms with E-state index in [1.807, 2.05) is 0 Å². The van der Waals surface area contributed by atoms with Crippen LogP contribution in [0, 0.1) is 0 Å². The number of imidazole rings is 1. The summed E-state index contributed by atoms with van der Waals surface area (Å²) in [5, 5.41) is 0. The molecule has 0 unspecified atom stereocenters. The largest absolute Gasteiger partial charge is 0.363 e. The fourth-order valence-corrected chi connectivity index (χ4v) is 0.504. The molecule has 1 rings (SSSR count). The normalized spacial score (nSPS) is 8.40. The van der Waals surface area contributed by atoms with Crippen LogP contribution in [0.1, 0.15) is 10.6 Å². The van der Waals surface area contributed by atoms with E-state index in [0.29, 0.717) is 0 Å². The smallest absolute Gasteiger partial charge is 0.286 e. The molecule has 0 saturated heterocycles. The minimum absolute atomic E-state index is 0. The first-order valence-corrected chi connectivity index (χ1v) is 2.30. The van der Waals surface area contributed by atoms with Crippen molar-refractivity contribution in [1.29, 1.82) is 0 Å². The van der Waals surface area contributed by atoms with Gasteiger partial charge in [0.15, 0.2) is 0 Å². The maximum absolute atomic E-state index is 10.3. The number of hydrogen-bond acceptors (Lipinski definition) is 3. The number of nitrogen functional groups attached to an aromatic ring is 1. The molecule has 0 aliphatic carbocycles. The van der Waals surface area contributed by atoms with Gasteiger partial charge in [0.05, 0.1) is 0 Å². The number of amides is 1. The number of carbonyl (C=O) groups is 1. The number of nitrogens with zero attached hydrogens (tertiary/aromatic N) is 2. The van der Waals surface area contributed by atoms with E-state index >= 15 is 0 Å². The first-order chi connectivity index (χ1) is 4.22. The summed E-state index contributed by atoms with van der Waals surface area (Å²) in [6, 6.07) is 0. The Kier molecular flexibility index (Phi) is 2.69. The molecule has 1 heterocycles. The maximum Gasteiger partial charge on any atom is 0.286 e. The zero-order valence-corrected chi connectivity index (χ0v) is 5.84. The Bertz CT molecular complexity index is 233. The van der Waals surface area contributed by atoms with Crippen LogP contribution in [0.3, 0.4) is 0 Å². The van der Waals surface area contributed by atoms with E-state index in [4.69, 9.17) is 11.6 Å². The van der Waals surface area contributed by atoms with Gasteiger partial charge in [0.2, 0.25) is 5.82 Å². The van der Waals surface area contributed by atoms with Gasteiger partial charge in [0.1, 0.15) is 0 Å². The average molecular weight is 163 g/mol. The van der Waals surface area contributed by atoms with E-state index in [1.165, 1.54) is 12.4 Å². The van der Waals surface area contributed by atoms with Crippen LogP contribution in [0.4, 0.5) is 0 Å². The molecule has 0 atom stereocenters. The average Bonchev–Trinajstić information content (AvgIpc) is 2.13. The van der Waals surface area contributed by atoms with Crippen molar-refractivity contribution in [3.8, 4) is 0 Å². The van der Waals surface area contributed by atoms with Gasteiger partial charge in [-0.3, -0.25) is 4.79 Å². The molecule has 10 heavy (non-hydrogen) atoms. The van der Waals surface area contributed by atoms with Crippen LogP contribution in [0.2, 0.25) is 0 Å². The van der Waals surface area contributed by atoms with Crippen molar-refractivity contribution in [2.45, 2.75) is 0 Å². The number of halogens is 1. The zero-order valence-electron chi connectivity index (χ0n) is 5.02. The molecule has 0 fully saturated rings. The van der Waals surface area contributed by atoms with Crippen molar-refractivity contribution < 1.29 is 4.79 Å². The summed E-state index contributed by atoms with van der Waals surface area (Å²) in [6.07, 6.45) is 2.85. The van der Waals surface area contributed by atoms with Crippen molar-refractivity contribution in [2.24, 2.45) is 5.73 Å². The Morgan fingerprint density at radius 2 is 2.30 bits per heavy atom. The number of aromatic nitrogens is 2. The predicted molar refractivity (Wildman–Crippen MR) is 38.1 cm³/mol. The Morgan fingerprint density at radius 3 is 2.50 bits per heavy atom. The molecule has 1 amide bonds. The SMILES string of the molecule is Cl.NC(=O)c1nccn1N. The lowest BCUT2D eigenvalue weighted by molar-refractivity contribution is 0.0988. The minimum atomic E-state index is -0.623. The van der Waals surface area contributed by atoms with Crippen molar-refractivity contribution in [1.82, 2.24) is 9.66 Å². The van der Waals surface area contributed by atoms with Gasteiger partial charge in [-0.15, -0.1) is 12.4 Å². The lowest BCUT2D eigenvalue weighted by Crippen LogP contribution is -2.21. The van der Waals surface area contributed by atoms with E-state index in [2.05, 4.69) is 4.98 Å². The monoisotopic (exact) mass is 162 g/mol. The number of nitrogens with two attached hydrogens (primary N) is 2. The number of carbonyl (C=O) groups excluding carboxylic acids is 1. The Labute approximate surface area is 63.4 Å². The second kappa shape index (κ2) is 3.07. The fraction of sp³-hybridized carbons (Fsp3) is 0. The fourth-order valence-electron chi connectivity index (χ4n) is 0.504. The third-order valence-corrected chi connectivity index (χ3v) is 0.889. The van der Waals surface area contributed by atoms with Crippen LogP contribution in [-0.2, 0) is 0 Å². The topological polar surface area (TPSA) is 86.9 Å². The van der Waals surface area contributed by atoms with Crippen LogP contribution in [0.25, 0.3) is 0 Å². The summed E-state index contributed by atoms with van der Waals surface area (Å²) in [5.74, 6) is 4.64.